The molecule has 0 unspecified atom stereocenters. The fraction of sp³-hybridized carbons (Fsp3) is 0.333. The van der Waals surface area contributed by atoms with Gasteiger partial charge in [0.15, 0.2) is 0 Å². The zero-order valence-electron chi connectivity index (χ0n) is 7.31. The molecule has 1 aliphatic rings. The van der Waals surface area contributed by atoms with Gasteiger partial charge in [0.1, 0.15) is 10.6 Å². The topological polar surface area (TPSA) is 43.4 Å². The molecule has 0 N–H and O–H groups in total. The monoisotopic (exact) mass is 232 g/mol. The number of rotatable bonds is 3. The second-order valence-corrected chi connectivity index (χ2v) is 5.74. The third-order valence-electron chi connectivity index (χ3n) is 1.93. The summed E-state index contributed by atoms with van der Waals surface area (Å²) in [4.78, 5) is 0.0496. The first kappa shape index (κ1) is 9.80. The van der Waals surface area contributed by atoms with Crippen LogP contribution in [0.15, 0.2) is 29.2 Å². The van der Waals surface area contributed by atoms with Gasteiger partial charge in [-0.3, -0.25) is 0 Å². The fourth-order valence-corrected chi connectivity index (χ4v) is 2.09. The van der Waals surface area contributed by atoms with Crippen molar-refractivity contribution in [2.45, 2.75) is 23.8 Å². The molecule has 0 radical (unpaired) electrons. The van der Waals surface area contributed by atoms with Gasteiger partial charge in [0.2, 0.25) is 0 Å². The zero-order chi connectivity index (χ0) is 10.2. The average Bonchev–Trinajstić information content (AvgIpc) is 2.87. The molecule has 0 saturated heterocycles. The van der Waals surface area contributed by atoms with Crippen molar-refractivity contribution in [1.82, 2.24) is 0 Å². The molecule has 76 valence electrons. The second-order valence-electron chi connectivity index (χ2n) is 3.20. The molecular weight excluding hydrogens is 224 g/mol. The number of para-hydroxylation sites is 1. The molecule has 0 heterocycles. The molecule has 1 aromatic rings. The zero-order valence-corrected chi connectivity index (χ0v) is 8.88. The van der Waals surface area contributed by atoms with Crippen molar-refractivity contribution in [3.63, 3.8) is 0 Å². The summed E-state index contributed by atoms with van der Waals surface area (Å²) in [5.74, 6) is 0.352. The summed E-state index contributed by atoms with van der Waals surface area (Å²) in [6.07, 6.45) is 2.13. The molecule has 14 heavy (non-hydrogen) atoms. The number of hydrogen-bond acceptors (Lipinski definition) is 3. The van der Waals surface area contributed by atoms with Crippen LogP contribution in [0, 0.1) is 0 Å². The van der Waals surface area contributed by atoms with Crippen LogP contribution in [0.5, 0.6) is 5.75 Å². The Morgan fingerprint density at radius 3 is 2.50 bits per heavy atom. The molecule has 1 aromatic carbocycles. The fourth-order valence-electron chi connectivity index (χ4n) is 1.11. The number of ether oxygens (including phenoxy) is 1. The van der Waals surface area contributed by atoms with Gasteiger partial charge in [0, 0.05) is 10.7 Å². The van der Waals surface area contributed by atoms with Gasteiger partial charge < -0.3 is 4.74 Å². The average molecular weight is 233 g/mol. The van der Waals surface area contributed by atoms with Crippen LogP contribution in [0.2, 0.25) is 0 Å². The Labute approximate surface area is 87.1 Å². The first-order valence-corrected chi connectivity index (χ1v) is 6.58. The van der Waals surface area contributed by atoms with E-state index in [4.69, 9.17) is 15.4 Å². The molecule has 1 saturated carbocycles. The minimum atomic E-state index is -3.70. The van der Waals surface area contributed by atoms with Gasteiger partial charge in [-0.15, -0.1) is 0 Å². The van der Waals surface area contributed by atoms with Crippen molar-refractivity contribution in [3.05, 3.63) is 24.3 Å². The maximum Gasteiger partial charge on any atom is 0.264 e. The van der Waals surface area contributed by atoms with Crippen molar-refractivity contribution in [1.29, 1.82) is 0 Å². The Hall–Kier alpha value is -0.740. The lowest BCUT2D eigenvalue weighted by Gasteiger charge is -2.07. The summed E-state index contributed by atoms with van der Waals surface area (Å²) in [6, 6.07) is 6.41. The Morgan fingerprint density at radius 1 is 1.29 bits per heavy atom. The number of hydrogen-bond donors (Lipinski definition) is 0. The summed E-state index contributed by atoms with van der Waals surface area (Å²) in [6.45, 7) is 0. The van der Waals surface area contributed by atoms with E-state index in [2.05, 4.69) is 0 Å². The van der Waals surface area contributed by atoms with Gasteiger partial charge in [-0.05, 0) is 25.0 Å². The van der Waals surface area contributed by atoms with Crippen LogP contribution in [-0.4, -0.2) is 14.5 Å². The first-order valence-electron chi connectivity index (χ1n) is 4.28. The molecule has 1 fully saturated rings. The summed E-state index contributed by atoms with van der Waals surface area (Å²) in [5, 5.41) is 0. The highest BCUT2D eigenvalue weighted by molar-refractivity contribution is 8.13. The minimum absolute atomic E-state index is 0.0496. The maximum absolute atomic E-state index is 11.1. The van der Waals surface area contributed by atoms with Gasteiger partial charge in [0.05, 0.1) is 6.10 Å². The van der Waals surface area contributed by atoms with Crippen LogP contribution in [0.4, 0.5) is 0 Å². The molecule has 0 amide bonds. The van der Waals surface area contributed by atoms with E-state index in [9.17, 15) is 8.42 Å². The van der Waals surface area contributed by atoms with Crippen LogP contribution < -0.4 is 4.74 Å². The molecule has 1 aliphatic carbocycles. The van der Waals surface area contributed by atoms with Crippen molar-refractivity contribution >= 4 is 19.7 Å². The second kappa shape index (κ2) is 3.44. The standard InChI is InChI=1S/C9H9ClO3S/c10-14(11,12)9-4-2-1-3-8(9)13-7-5-6-7/h1-4,7H,5-6H2. The van der Waals surface area contributed by atoms with Gasteiger partial charge in [-0.2, -0.15) is 0 Å². The Bertz CT molecular complexity index is 437. The molecule has 0 bridgehead atoms. The molecule has 0 aromatic heterocycles. The Balaban J connectivity index is 2.37. The first-order chi connectivity index (χ1) is 6.57. The Kier molecular flexibility index (Phi) is 2.41. The lowest BCUT2D eigenvalue weighted by atomic mass is 10.3. The third-order valence-corrected chi connectivity index (χ3v) is 3.29. The largest absolute Gasteiger partial charge is 0.489 e. The Morgan fingerprint density at radius 2 is 1.93 bits per heavy atom. The SMILES string of the molecule is O=S(=O)(Cl)c1ccccc1OC1CC1. The van der Waals surface area contributed by atoms with Crippen LogP contribution in [0.25, 0.3) is 0 Å². The van der Waals surface area contributed by atoms with Crippen molar-refractivity contribution < 1.29 is 13.2 Å². The highest BCUT2D eigenvalue weighted by Gasteiger charge is 2.26. The maximum atomic E-state index is 11.1. The highest BCUT2D eigenvalue weighted by atomic mass is 35.7. The van der Waals surface area contributed by atoms with Crippen LogP contribution in [0.3, 0.4) is 0 Å². The molecule has 5 heteroatoms. The van der Waals surface area contributed by atoms with E-state index in [0.717, 1.165) is 12.8 Å². The molecular formula is C9H9ClO3S. The quantitative estimate of drug-likeness (QED) is 0.750. The molecule has 2 rings (SSSR count). The van der Waals surface area contributed by atoms with Gasteiger partial charge >= 0.3 is 0 Å². The smallest absolute Gasteiger partial charge is 0.264 e. The van der Waals surface area contributed by atoms with E-state index < -0.39 is 9.05 Å². The third kappa shape index (κ3) is 2.19. The summed E-state index contributed by atoms with van der Waals surface area (Å²) in [7, 11) is 1.56. The lowest BCUT2D eigenvalue weighted by molar-refractivity contribution is 0.295. The van der Waals surface area contributed by atoms with E-state index in [-0.39, 0.29) is 11.0 Å². The summed E-state index contributed by atoms with van der Waals surface area (Å²) < 4.78 is 27.7. The van der Waals surface area contributed by atoms with E-state index in [1.54, 1.807) is 18.2 Å². The van der Waals surface area contributed by atoms with E-state index in [1.165, 1.54) is 6.07 Å². The highest BCUT2D eigenvalue weighted by Crippen LogP contribution is 2.32. The van der Waals surface area contributed by atoms with Crippen molar-refractivity contribution in [3.8, 4) is 5.75 Å². The number of benzene rings is 1. The van der Waals surface area contributed by atoms with E-state index >= 15 is 0 Å². The van der Waals surface area contributed by atoms with Gasteiger partial charge in [-0.1, -0.05) is 12.1 Å². The van der Waals surface area contributed by atoms with Crippen LogP contribution in [-0.2, 0) is 9.05 Å². The van der Waals surface area contributed by atoms with E-state index in [0.29, 0.717) is 5.75 Å². The molecule has 0 aliphatic heterocycles. The van der Waals surface area contributed by atoms with Crippen LogP contribution >= 0.6 is 10.7 Å². The predicted molar refractivity (Wildman–Crippen MR) is 53.1 cm³/mol. The lowest BCUT2D eigenvalue weighted by Crippen LogP contribution is -2.01. The molecule has 0 spiro atoms. The summed E-state index contributed by atoms with van der Waals surface area (Å²) >= 11 is 0. The van der Waals surface area contributed by atoms with Crippen molar-refractivity contribution in [2.24, 2.45) is 0 Å². The van der Waals surface area contributed by atoms with Gasteiger partial charge in [-0.25, -0.2) is 8.42 Å². The summed E-state index contributed by atoms with van der Waals surface area (Å²) in [5.41, 5.74) is 0. The van der Waals surface area contributed by atoms with Crippen LogP contribution in [0.1, 0.15) is 12.8 Å². The predicted octanol–water partition coefficient (Wildman–Crippen LogP) is 2.16. The van der Waals surface area contributed by atoms with Gasteiger partial charge in [0.25, 0.3) is 9.05 Å². The molecule has 0 atom stereocenters. The van der Waals surface area contributed by atoms with Crippen molar-refractivity contribution in [2.75, 3.05) is 0 Å². The normalized spacial score (nSPS) is 16.6. The minimum Gasteiger partial charge on any atom is -0.489 e. The number of halogens is 1. The molecule has 3 nitrogen and oxygen atoms in total. The van der Waals surface area contributed by atoms with E-state index in [1.807, 2.05) is 0 Å².